The van der Waals surface area contributed by atoms with E-state index in [9.17, 15) is 14.4 Å². The van der Waals surface area contributed by atoms with Gasteiger partial charge in [0.05, 0.1) is 10.7 Å². The van der Waals surface area contributed by atoms with E-state index in [0.717, 1.165) is 29.7 Å². The smallest absolute Gasteiger partial charge is 0.272 e. The Bertz CT molecular complexity index is 858. The molecule has 2 aromatic rings. The fourth-order valence-corrected chi connectivity index (χ4v) is 3.39. The van der Waals surface area contributed by atoms with Crippen molar-refractivity contribution in [3.8, 4) is 0 Å². The molecule has 1 amide bonds. The van der Waals surface area contributed by atoms with E-state index in [1.165, 1.54) is 18.2 Å². The van der Waals surface area contributed by atoms with Gasteiger partial charge in [-0.3, -0.25) is 4.79 Å². The minimum Gasteiger partial charge on any atom is -0.411 e. The SMILES string of the molecule is Cc1c2c(c(C(=O)Nc3ccc(F)c(Cl)c3)n1C)CCC/C2=N\O. The van der Waals surface area contributed by atoms with Crippen LogP contribution in [0.4, 0.5) is 10.1 Å². The molecule has 0 saturated carbocycles. The van der Waals surface area contributed by atoms with E-state index >= 15 is 0 Å². The molecular weight excluding hydrogens is 333 g/mol. The van der Waals surface area contributed by atoms with Crippen LogP contribution in [0, 0.1) is 12.7 Å². The first-order valence-electron chi connectivity index (χ1n) is 7.60. The van der Waals surface area contributed by atoms with Gasteiger partial charge < -0.3 is 15.1 Å². The molecule has 1 heterocycles. The first-order valence-corrected chi connectivity index (χ1v) is 7.97. The highest BCUT2D eigenvalue weighted by Crippen LogP contribution is 2.30. The van der Waals surface area contributed by atoms with Crippen LogP contribution >= 0.6 is 11.6 Å². The summed E-state index contributed by atoms with van der Waals surface area (Å²) in [7, 11) is 1.80. The Morgan fingerprint density at radius 2 is 2.17 bits per heavy atom. The van der Waals surface area contributed by atoms with Gasteiger partial charge >= 0.3 is 0 Å². The molecule has 1 aromatic heterocycles. The number of carbonyl (C=O) groups excluding carboxylic acids is 1. The quantitative estimate of drug-likeness (QED) is 0.638. The molecule has 0 bridgehead atoms. The number of oxime groups is 1. The lowest BCUT2D eigenvalue weighted by atomic mass is 9.90. The number of nitrogens with one attached hydrogen (secondary N) is 1. The lowest BCUT2D eigenvalue weighted by molar-refractivity contribution is 0.101. The molecule has 1 aliphatic carbocycles. The van der Waals surface area contributed by atoms with Crippen LogP contribution in [0.2, 0.25) is 5.02 Å². The molecule has 0 fully saturated rings. The van der Waals surface area contributed by atoms with E-state index in [1.54, 1.807) is 11.6 Å². The molecule has 0 saturated heterocycles. The molecule has 0 aliphatic heterocycles. The highest BCUT2D eigenvalue weighted by atomic mass is 35.5. The normalized spacial score (nSPS) is 15.4. The predicted octanol–water partition coefficient (Wildman–Crippen LogP) is 3.89. The van der Waals surface area contributed by atoms with Crippen molar-refractivity contribution in [1.29, 1.82) is 0 Å². The van der Waals surface area contributed by atoms with Gasteiger partial charge in [-0.15, -0.1) is 0 Å². The van der Waals surface area contributed by atoms with Gasteiger partial charge in [-0.05, 0) is 49.9 Å². The molecule has 2 N–H and O–H groups in total. The van der Waals surface area contributed by atoms with Crippen molar-refractivity contribution in [2.75, 3.05) is 5.32 Å². The number of nitrogens with zero attached hydrogens (tertiary/aromatic N) is 2. The number of hydrogen-bond donors (Lipinski definition) is 2. The number of fused-ring (bicyclic) bond motifs is 1. The summed E-state index contributed by atoms with van der Waals surface area (Å²) in [5.74, 6) is -0.839. The summed E-state index contributed by atoms with van der Waals surface area (Å²) in [5, 5.41) is 15.3. The second-order valence-electron chi connectivity index (χ2n) is 5.83. The lowest BCUT2D eigenvalue weighted by Gasteiger charge is -2.14. The zero-order chi connectivity index (χ0) is 17.4. The van der Waals surface area contributed by atoms with Crippen LogP contribution in [0.15, 0.2) is 23.4 Å². The van der Waals surface area contributed by atoms with Crippen LogP contribution in [-0.4, -0.2) is 21.4 Å². The highest BCUT2D eigenvalue weighted by Gasteiger charge is 2.29. The maximum atomic E-state index is 13.2. The number of aromatic nitrogens is 1. The Balaban J connectivity index is 2.00. The number of amides is 1. The Hall–Kier alpha value is -2.34. The number of carbonyl (C=O) groups is 1. The van der Waals surface area contributed by atoms with Crippen LogP contribution in [0.5, 0.6) is 0 Å². The Morgan fingerprint density at radius 3 is 2.83 bits per heavy atom. The van der Waals surface area contributed by atoms with Crippen LogP contribution in [0.25, 0.3) is 0 Å². The van der Waals surface area contributed by atoms with Crippen molar-refractivity contribution in [3.63, 3.8) is 0 Å². The Labute approximate surface area is 143 Å². The van der Waals surface area contributed by atoms with Crippen LogP contribution in [0.3, 0.4) is 0 Å². The van der Waals surface area contributed by atoms with Gasteiger partial charge in [0.15, 0.2) is 0 Å². The second-order valence-corrected chi connectivity index (χ2v) is 6.24. The van der Waals surface area contributed by atoms with Crippen molar-refractivity contribution in [3.05, 3.63) is 51.6 Å². The summed E-state index contributed by atoms with van der Waals surface area (Å²) in [6.45, 7) is 1.89. The number of anilines is 1. The summed E-state index contributed by atoms with van der Waals surface area (Å²) in [6.07, 6.45) is 2.24. The number of benzene rings is 1. The molecule has 24 heavy (non-hydrogen) atoms. The third-order valence-electron chi connectivity index (χ3n) is 4.43. The fraction of sp³-hybridized carbons (Fsp3) is 0.294. The third kappa shape index (κ3) is 2.67. The minimum atomic E-state index is -0.537. The van der Waals surface area contributed by atoms with Crippen molar-refractivity contribution in [2.45, 2.75) is 26.2 Å². The molecule has 3 rings (SSSR count). The molecule has 0 unspecified atom stereocenters. The molecule has 5 nitrogen and oxygen atoms in total. The fourth-order valence-electron chi connectivity index (χ4n) is 3.21. The van der Waals surface area contributed by atoms with E-state index in [2.05, 4.69) is 10.5 Å². The minimum absolute atomic E-state index is 0.0485. The van der Waals surface area contributed by atoms with E-state index in [1.807, 2.05) is 6.92 Å². The van der Waals surface area contributed by atoms with Gasteiger partial charge in [-0.2, -0.15) is 0 Å². The van der Waals surface area contributed by atoms with E-state index in [-0.39, 0.29) is 10.9 Å². The standard InChI is InChI=1S/C17H17ClFN3O2/c1-9-15-11(4-3-5-14(15)21-24)16(22(9)2)17(23)20-10-6-7-13(19)12(18)8-10/h6-8,24H,3-5H2,1-2H3,(H,20,23)/b21-14+. The maximum Gasteiger partial charge on any atom is 0.272 e. The van der Waals surface area contributed by atoms with Gasteiger partial charge in [0.2, 0.25) is 0 Å². The summed E-state index contributed by atoms with van der Waals surface area (Å²) < 4.78 is 15.0. The van der Waals surface area contributed by atoms with Crippen molar-refractivity contribution in [2.24, 2.45) is 12.2 Å². The summed E-state index contributed by atoms with van der Waals surface area (Å²) in [5.41, 5.74) is 4.14. The largest absolute Gasteiger partial charge is 0.411 e. The lowest BCUT2D eigenvalue weighted by Crippen LogP contribution is -2.19. The van der Waals surface area contributed by atoms with Crippen molar-refractivity contribution in [1.82, 2.24) is 4.57 Å². The molecule has 1 aromatic carbocycles. The van der Waals surface area contributed by atoms with Gasteiger partial charge in [-0.25, -0.2) is 4.39 Å². The number of hydrogen-bond acceptors (Lipinski definition) is 3. The van der Waals surface area contributed by atoms with E-state index in [0.29, 0.717) is 23.5 Å². The molecule has 1 aliphatic rings. The molecule has 7 heteroatoms. The molecule has 0 atom stereocenters. The zero-order valence-electron chi connectivity index (χ0n) is 13.4. The molecule has 0 spiro atoms. The first kappa shape index (κ1) is 16.5. The molecule has 0 radical (unpaired) electrons. The summed E-state index contributed by atoms with van der Waals surface area (Å²) in [4.78, 5) is 12.7. The van der Waals surface area contributed by atoms with E-state index < -0.39 is 5.82 Å². The average molecular weight is 350 g/mol. The van der Waals surface area contributed by atoms with Crippen LogP contribution < -0.4 is 5.32 Å². The summed E-state index contributed by atoms with van der Waals surface area (Å²) in [6, 6.07) is 4.04. The number of halogens is 2. The highest BCUT2D eigenvalue weighted by molar-refractivity contribution is 6.31. The van der Waals surface area contributed by atoms with Gasteiger partial charge in [0.25, 0.3) is 5.91 Å². The van der Waals surface area contributed by atoms with E-state index in [4.69, 9.17) is 11.6 Å². The van der Waals surface area contributed by atoms with Crippen LogP contribution in [-0.2, 0) is 13.5 Å². The maximum absolute atomic E-state index is 13.2. The monoisotopic (exact) mass is 349 g/mol. The van der Waals surface area contributed by atoms with Gasteiger partial charge in [-0.1, -0.05) is 16.8 Å². The Kier molecular flexibility index (Phi) is 4.32. The topological polar surface area (TPSA) is 66.6 Å². The van der Waals surface area contributed by atoms with Crippen molar-refractivity contribution >= 4 is 28.9 Å². The van der Waals surface area contributed by atoms with Gasteiger partial charge in [0, 0.05) is 24.0 Å². The predicted molar refractivity (Wildman–Crippen MR) is 90.8 cm³/mol. The first-order chi connectivity index (χ1) is 11.4. The zero-order valence-corrected chi connectivity index (χ0v) is 14.1. The average Bonchev–Trinajstić information content (AvgIpc) is 2.82. The number of rotatable bonds is 2. The molecular formula is C17H17ClFN3O2. The third-order valence-corrected chi connectivity index (χ3v) is 4.72. The Morgan fingerprint density at radius 1 is 1.42 bits per heavy atom. The van der Waals surface area contributed by atoms with Crippen molar-refractivity contribution < 1.29 is 14.4 Å². The summed E-state index contributed by atoms with van der Waals surface area (Å²) >= 11 is 5.76. The molecule has 126 valence electrons. The van der Waals surface area contributed by atoms with Crippen LogP contribution in [0.1, 0.15) is 40.2 Å². The second kappa shape index (κ2) is 6.28. The van der Waals surface area contributed by atoms with Gasteiger partial charge in [0.1, 0.15) is 11.5 Å².